The Hall–Kier alpha value is -1.55. The van der Waals surface area contributed by atoms with Gasteiger partial charge in [0.2, 0.25) is 0 Å². The van der Waals surface area contributed by atoms with E-state index in [1.54, 1.807) is 12.3 Å². The van der Waals surface area contributed by atoms with Gasteiger partial charge in [0.1, 0.15) is 5.76 Å². The van der Waals surface area contributed by atoms with E-state index in [0.29, 0.717) is 11.2 Å². The van der Waals surface area contributed by atoms with Gasteiger partial charge in [0, 0.05) is 6.04 Å². The summed E-state index contributed by atoms with van der Waals surface area (Å²) in [5, 5.41) is 8.42. The SMILES string of the molecule is Clc1ccc(N(Cc2ccco2)C2CC2)nn1. The van der Waals surface area contributed by atoms with E-state index in [2.05, 4.69) is 15.1 Å². The van der Waals surface area contributed by atoms with Crippen LogP contribution in [0.15, 0.2) is 34.9 Å². The van der Waals surface area contributed by atoms with Crippen LogP contribution in [0.1, 0.15) is 18.6 Å². The van der Waals surface area contributed by atoms with Gasteiger partial charge in [-0.2, -0.15) is 0 Å². The molecule has 2 aromatic heterocycles. The summed E-state index contributed by atoms with van der Waals surface area (Å²) in [6.07, 6.45) is 4.09. The fraction of sp³-hybridized carbons (Fsp3) is 0.333. The van der Waals surface area contributed by atoms with E-state index >= 15 is 0 Å². The number of halogens is 1. The average molecular weight is 250 g/mol. The van der Waals surface area contributed by atoms with Gasteiger partial charge < -0.3 is 9.32 Å². The van der Waals surface area contributed by atoms with Crippen LogP contribution < -0.4 is 4.90 Å². The molecule has 0 radical (unpaired) electrons. The lowest BCUT2D eigenvalue weighted by Crippen LogP contribution is -2.25. The molecule has 5 heteroatoms. The molecule has 0 saturated heterocycles. The van der Waals surface area contributed by atoms with Gasteiger partial charge >= 0.3 is 0 Å². The lowest BCUT2D eigenvalue weighted by molar-refractivity contribution is 0.500. The fourth-order valence-electron chi connectivity index (χ4n) is 1.82. The first-order valence-corrected chi connectivity index (χ1v) is 5.99. The van der Waals surface area contributed by atoms with Gasteiger partial charge in [0.15, 0.2) is 11.0 Å². The highest BCUT2D eigenvalue weighted by atomic mass is 35.5. The maximum absolute atomic E-state index is 5.74. The highest BCUT2D eigenvalue weighted by molar-refractivity contribution is 6.29. The number of hydrogen-bond donors (Lipinski definition) is 0. The minimum absolute atomic E-state index is 0.419. The summed E-state index contributed by atoms with van der Waals surface area (Å²) in [4.78, 5) is 2.21. The Bertz CT molecular complexity index is 479. The van der Waals surface area contributed by atoms with Gasteiger partial charge in [-0.15, -0.1) is 10.2 Å². The molecule has 2 heterocycles. The number of furan rings is 1. The fourth-order valence-corrected chi connectivity index (χ4v) is 1.92. The number of nitrogens with zero attached hydrogens (tertiary/aromatic N) is 3. The van der Waals surface area contributed by atoms with Gasteiger partial charge in [-0.05, 0) is 37.1 Å². The second-order valence-electron chi connectivity index (χ2n) is 4.15. The van der Waals surface area contributed by atoms with Crippen molar-refractivity contribution >= 4 is 17.4 Å². The third kappa shape index (κ3) is 2.42. The van der Waals surface area contributed by atoms with E-state index in [0.717, 1.165) is 18.1 Å². The Morgan fingerprint density at radius 2 is 2.18 bits per heavy atom. The van der Waals surface area contributed by atoms with Crippen molar-refractivity contribution in [1.29, 1.82) is 0 Å². The predicted molar refractivity (Wildman–Crippen MR) is 65.0 cm³/mol. The van der Waals surface area contributed by atoms with Crippen LogP contribution in [0.5, 0.6) is 0 Å². The van der Waals surface area contributed by atoms with Crippen LogP contribution in [0.2, 0.25) is 5.15 Å². The third-order valence-corrected chi connectivity index (χ3v) is 3.01. The molecule has 0 unspecified atom stereocenters. The molecule has 1 aliphatic carbocycles. The Balaban J connectivity index is 1.82. The molecule has 0 aromatic carbocycles. The number of rotatable bonds is 4. The molecule has 0 atom stereocenters. The largest absolute Gasteiger partial charge is 0.467 e. The van der Waals surface area contributed by atoms with E-state index in [1.807, 2.05) is 18.2 Å². The first-order chi connectivity index (χ1) is 8.33. The van der Waals surface area contributed by atoms with Crippen molar-refractivity contribution in [3.05, 3.63) is 41.4 Å². The summed E-state index contributed by atoms with van der Waals surface area (Å²) >= 11 is 5.74. The first kappa shape index (κ1) is 10.6. The molecule has 17 heavy (non-hydrogen) atoms. The average Bonchev–Trinajstić information content (AvgIpc) is 3.05. The van der Waals surface area contributed by atoms with Crippen LogP contribution >= 0.6 is 11.6 Å². The van der Waals surface area contributed by atoms with E-state index in [1.165, 1.54) is 12.8 Å². The van der Waals surface area contributed by atoms with Crippen molar-refractivity contribution in [3.63, 3.8) is 0 Å². The second kappa shape index (κ2) is 4.37. The minimum Gasteiger partial charge on any atom is -0.467 e. The molecule has 1 saturated carbocycles. The standard InChI is InChI=1S/C12H12ClN3O/c13-11-5-6-12(15-14-11)16(9-3-4-9)8-10-2-1-7-17-10/h1-2,5-7,9H,3-4,8H2. The lowest BCUT2D eigenvalue weighted by Gasteiger charge is -2.21. The van der Waals surface area contributed by atoms with Gasteiger partial charge in [-0.25, -0.2) is 0 Å². The van der Waals surface area contributed by atoms with Gasteiger partial charge in [-0.1, -0.05) is 11.6 Å². The van der Waals surface area contributed by atoms with Crippen LogP contribution in [0.25, 0.3) is 0 Å². The monoisotopic (exact) mass is 249 g/mol. The first-order valence-electron chi connectivity index (χ1n) is 5.61. The van der Waals surface area contributed by atoms with E-state index in [-0.39, 0.29) is 0 Å². The van der Waals surface area contributed by atoms with Crippen LogP contribution in [0.4, 0.5) is 5.82 Å². The molecule has 0 spiro atoms. The molecular formula is C12H12ClN3O. The van der Waals surface area contributed by atoms with Gasteiger partial charge in [0.05, 0.1) is 12.8 Å². The summed E-state index contributed by atoms with van der Waals surface area (Å²) in [7, 11) is 0. The van der Waals surface area contributed by atoms with Crippen molar-refractivity contribution in [2.24, 2.45) is 0 Å². The molecule has 88 valence electrons. The molecule has 4 nitrogen and oxygen atoms in total. The van der Waals surface area contributed by atoms with Crippen molar-refractivity contribution < 1.29 is 4.42 Å². The van der Waals surface area contributed by atoms with Crippen LogP contribution in [-0.2, 0) is 6.54 Å². The third-order valence-electron chi connectivity index (χ3n) is 2.81. The Labute approximate surface area is 104 Å². The molecule has 0 N–H and O–H groups in total. The summed E-state index contributed by atoms with van der Waals surface area (Å²) in [5.41, 5.74) is 0. The maximum atomic E-state index is 5.74. The van der Waals surface area contributed by atoms with Gasteiger partial charge in [-0.3, -0.25) is 0 Å². The van der Waals surface area contributed by atoms with Crippen molar-refractivity contribution in [2.45, 2.75) is 25.4 Å². The Kier molecular flexibility index (Phi) is 2.73. The Morgan fingerprint density at radius 1 is 1.29 bits per heavy atom. The Morgan fingerprint density at radius 3 is 2.76 bits per heavy atom. The smallest absolute Gasteiger partial charge is 0.151 e. The predicted octanol–water partition coefficient (Wildman–Crippen LogP) is 2.89. The van der Waals surface area contributed by atoms with E-state index in [4.69, 9.17) is 16.0 Å². The molecule has 1 aliphatic rings. The number of aromatic nitrogens is 2. The molecule has 0 amide bonds. The van der Waals surface area contributed by atoms with Crippen molar-refractivity contribution in [2.75, 3.05) is 4.90 Å². The number of hydrogen-bond acceptors (Lipinski definition) is 4. The topological polar surface area (TPSA) is 42.2 Å². The molecule has 0 bridgehead atoms. The highest BCUT2D eigenvalue weighted by Crippen LogP contribution is 2.32. The molecule has 0 aliphatic heterocycles. The van der Waals surface area contributed by atoms with E-state index < -0.39 is 0 Å². The van der Waals surface area contributed by atoms with Gasteiger partial charge in [0.25, 0.3) is 0 Å². The maximum Gasteiger partial charge on any atom is 0.151 e. The zero-order valence-corrected chi connectivity index (χ0v) is 9.97. The van der Waals surface area contributed by atoms with Crippen molar-refractivity contribution in [3.8, 4) is 0 Å². The minimum atomic E-state index is 0.419. The zero-order valence-electron chi connectivity index (χ0n) is 9.21. The summed E-state index contributed by atoms with van der Waals surface area (Å²) in [5.74, 6) is 1.79. The molecule has 3 rings (SSSR count). The van der Waals surface area contributed by atoms with Crippen LogP contribution in [0.3, 0.4) is 0 Å². The van der Waals surface area contributed by atoms with Crippen LogP contribution in [0, 0.1) is 0 Å². The van der Waals surface area contributed by atoms with Crippen LogP contribution in [-0.4, -0.2) is 16.2 Å². The zero-order chi connectivity index (χ0) is 11.7. The van der Waals surface area contributed by atoms with Crippen molar-refractivity contribution in [1.82, 2.24) is 10.2 Å². The highest BCUT2D eigenvalue weighted by Gasteiger charge is 2.30. The molecule has 1 fully saturated rings. The lowest BCUT2D eigenvalue weighted by atomic mass is 10.3. The quantitative estimate of drug-likeness (QED) is 0.836. The summed E-state index contributed by atoms with van der Waals surface area (Å²) < 4.78 is 5.37. The summed E-state index contributed by atoms with van der Waals surface area (Å²) in [6.45, 7) is 0.730. The van der Waals surface area contributed by atoms with E-state index in [9.17, 15) is 0 Å². The molecular weight excluding hydrogens is 238 g/mol. The second-order valence-corrected chi connectivity index (χ2v) is 4.54. The number of anilines is 1. The summed E-state index contributed by atoms with van der Waals surface area (Å²) in [6, 6.07) is 8.08. The molecule has 2 aromatic rings. The normalized spacial score (nSPS) is 14.9.